The van der Waals surface area contributed by atoms with Gasteiger partial charge in [0.25, 0.3) is 5.91 Å². The third kappa shape index (κ3) is 2.12. The summed E-state index contributed by atoms with van der Waals surface area (Å²) in [6.45, 7) is 1.35. The first-order valence-electron chi connectivity index (χ1n) is 7.53. The monoisotopic (exact) mass is 286 g/mol. The lowest BCUT2D eigenvalue weighted by atomic mass is 9.95. The summed E-state index contributed by atoms with van der Waals surface area (Å²) in [5, 5.41) is 14.0. The van der Waals surface area contributed by atoms with Gasteiger partial charge >= 0.3 is 0 Å². The molecule has 110 valence electrons. The van der Waals surface area contributed by atoms with Crippen LogP contribution in [0.4, 0.5) is 0 Å². The van der Waals surface area contributed by atoms with Gasteiger partial charge < -0.3 is 9.88 Å². The summed E-state index contributed by atoms with van der Waals surface area (Å²) in [5.41, 5.74) is 1.97. The number of amides is 1. The van der Waals surface area contributed by atoms with E-state index in [0.717, 1.165) is 11.3 Å². The molecule has 1 aliphatic heterocycles. The largest absolute Gasteiger partial charge is 0.364 e. The minimum Gasteiger partial charge on any atom is -0.364 e. The Labute approximate surface area is 122 Å². The van der Waals surface area contributed by atoms with Crippen LogP contribution < -0.4 is 0 Å². The van der Waals surface area contributed by atoms with Crippen molar-refractivity contribution in [2.45, 2.75) is 37.5 Å². The SMILES string of the molecule is O=C(c1cc[nH]c1C1CCCC1)N1CC(c2nn[nH]n2)C1. The van der Waals surface area contributed by atoms with Crippen LogP contribution in [0.5, 0.6) is 0 Å². The Morgan fingerprint density at radius 3 is 2.76 bits per heavy atom. The van der Waals surface area contributed by atoms with Crippen molar-refractivity contribution in [2.75, 3.05) is 13.1 Å². The number of carbonyl (C=O) groups excluding carboxylic acids is 1. The van der Waals surface area contributed by atoms with Gasteiger partial charge in [0.05, 0.1) is 11.5 Å². The second-order valence-electron chi connectivity index (χ2n) is 5.96. The Morgan fingerprint density at radius 1 is 1.24 bits per heavy atom. The fourth-order valence-corrected chi connectivity index (χ4v) is 3.44. The molecule has 0 aromatic carbocycles. The van der Waals surface area contributed by atoms with Crippen LogP contribution in [-0.2, 0) is 0 Å². The van der Waals surface area contributed by atoms with Crippen molar-refractivity contribution < 1.29 is 4.79 Å². The van der Waals surface area contributed by atoms with Crippen molar-refractivity contribution in [1.82, 2.24) is 30.5 Å². The van der Waals surface area contributed by atoms with Gasteiger partial charge in [0.2, 0.25) is 0 Å². The summed E-state index contributed by atoms with van der Waals surface area (Å²) in [6.07, 6.45) is 6.79. The molecule has 2 aromatic heterocycles. The predicted octanol–water partition coefficient (Wildman–Crippen LogP) is 1.42. The van der Waals surface area contributed by atoms with Crippen LogP contribution in [0.1, 0.15) is 59.4 Å². The van der Waals surface area contributed by atoms with Crippen molar-refractivity contribution in [1.29, 1.82) is 0 Å². The molecule has 0 spiro atoms. The van der Waals surface area contributed by atoms with Gasteiger partial charge in [-0.05, 0) is 24.8 Å². The molecular weight excluding hydrogens is 268 g/mol. The average molecular weight is 286 g/mol. The number of hydrogen-bond donors (Lipinski definition) is 2. The van der Waals surface area contributed by atoms with Gasteiger partial charge in [-0.2, -0.15) is 5.21 Å². The Bertz CT molecular complexity index is 622. The zero-order valence-corrected chi connectivity index (χ0v) is 11.7. The highest BCUT2D eigenvalue weighted by Crippen LogP contribution is 2.36. The lowest BCUT2D eigenvalue weighted by molar-refractivity contribution is 0.0593. The molecule has 1 amide bonds. The van der Waals surface area contributed by atoms with E-state index in [1.165, 1.54) is 25.7 Å². The van der Waals surface area contributed by atoms with E-state index in [9.17, 15) is 4.79 Å². The Balaban J connectivity index is 1.46. The van der Waals surface area contributed by atoms with E-state index in [-0.39, 0.29) is 11.8 Å². The molecular formula is C14H18N6O. The maximum Gasteiger partial charge on any atom is 0.255 e. The van der Waals surface area contributed by atoms with E-state index in [1.54, 1.807) is 0 Å². The molecule has 2 N–H and O–H groups in total. The fraction of sp³-hybridized carbons (Fsp3) is 0.571. The lowest BCUT2D eigenvalue weighted by Gasteiger charge is -2.37. The van der Waals surface area contributed by atoms with Crippen LogP contribution in [0.15, 0.2) is 12.3 Å². The number of H-pyrrole nitrogens is 2. The number of nitrogens with one attached hydrogen (secondary N) is 2. The highest BCUT2D eigenvalue weighted by molar-refractivity contribution is 5.96. The number of nitrogens with zero attached hydrogens (tertiary/aromatic N) is 4. The molecule has 1 saturated carbocycles. The zero-order chi connectivity index (χ0) is 14.2. The van der Waals surface area contributed by atoms with Gasteiger partial charge in [0, 0.05) is 25.0 Å². The molecule has 2 aliphatic rings. The van der Waals surface area contributed by atoms with Crippen LogP contribution in [0.25, 0.3) is 0 Å². The first-order chi connectivity index (χ1) is 10.3. The van der Waals surface area contributed by atoms with Crippen LogP contribution in [0.2, 0.25) is 0 Å². The number of hydrogen-bond acceptors (Lipinski definition) is 4. The summed E-state index contributed by atoms with van der Waals surface area (Å²) in [5.74, 6) is 1.55. The molecule has 0 unspecified atom stereocenters. The second-order valence-corrected chi connectivity index (χ2v) is 5.96. The second kappa shape index (κ2) is 4.98. The normalized spacial score (nSPS) is 19.9. The third-order valence-corrected chi connectivity index (χ3v) is 4.67. The number of tetrazole rings is 1. The maximum atomic E-state index is 12.6. The van der Waals surface area contributed by atoms with Crippen molar-refractivity contribution >= 4 is 5.91 Å². The van der Waals surface area contributed by atoms with Crippen LogP contribution >= 0.6 is 0 Å². The van der Waals surface area contributed by atoms with Crippen LogP contribution in [0.3, 0.4) is 0 Å². The van der Waals surface area contributed by atoms with E-state index in [4.69, 9.17) is 0 Å². The number of aromatic nitrogens is 5. The van der Waals surface area contributed by atoms with Crippen molar-refractivity contribution in [3.63, 3.8) is 0 Å². The maximum absolute atomic E-state index is 12.6. The first kappa shape index (κ1) is 12.6. The number of aromatic amines is 2. The van der Waals surface area contributed by atoms with E-state index in [2.05, 4.69) is 25.6 Å². The topological polar surface area (TPSA) is 90.6 Å². The minimum atomic E-state index is 0.123. The molecule has 1 aliphatic carbocycles. The molecule has 0 bridgehead atoms. The molecule has 0 radical (unpaired) electrons. The number of rotatable bonds is 3. The Hall–Kier alpha value is -2.18. The van der Waals surface area contributed by atoms with E-state index < -0.39 is 0 Å². The molecule has 3 heterocycles. The summed E-state index contributed by atoms with van der Waals surface area (Å²) in [6, 6.07) is 1.91. The molecule has 7 heteroatoms. The third-order valence-electron chi connectivity index (χ3n) is 4.67. The van der Waals surface area contributed by atoms with Gasteiger partial charge in [-0.15, -0.1) is 10.2 Å². The molecule has 21 heavy (non-hydrogen) atoms. The smallest absolute Gasteiger partial charge is 0.255 e. The zero-order valence-electron chi connectivity index (χ0n) is 11.7. The molecule has 0 atom stereocenters. The predicted molar refractivity (Wildman–Crippen MR) is 74.8 cm³/mol. The van der Waals surface area contributed by atoms with E-state index in [1.807, 2.05) is 17.2 Å². The lowest BCUT2D eigenvalue weighted by Crippen LogP contribution is -2.49. The van der Waals surface area contributed by atoms with E-state index >= 15 is 0 Å². The van der Waals surface area contributed by atoms with Crippen LogP contribution in [-0.4, -0.2) is 49.5 Å². The van der Waals surface area contributed by atoms with Gasteiger partial charge in [-0.1, -0.05) is 18.1 Å². The van der Waals surface area contributed by atoms with Crippen molar-refractivity contribution in [3.05, 3.63) is 29.3 Å². The highest BCUT2D eigenvalue weighted by Gasteiger charge is 2.36. The molecule has 4 rings (SSSR count). The van der Waals surface area contributed by atoms with Gasteiger partial charge in [0.1, 0.15) is 0 Å². The standard InChI is InChI=1S/C14H18N6O/c21-14(20-7-10(8-20)13-16-18-19-17-13)11-5-6-15-12(11)9-3-1-2-4-9/h5-6,9-10,15H,1-4,7-8H2,(H,16,17,18,19). The Morgan fingerprint density at radius 2 is 2.05 bits per heavy atom. The average Bonchev–Trinajstić information content (AvgIpc) is 3.18. The van der Waals surface area contributed by atoms with Gasteiger partial charge in [-0.25, -0.2) is 0 Å². The summed E-state index contributed by atoms with van der Waals surface area (Å²) in [4.78, 5) is 17.8. The quantitative estimate of drug-likeness (QED) is 0.893. The minimum absolute atomic E-state index is 0.123. The summed E-state index contributed by atoms with van der Waals surface area (Å²) in [7, 11) is 0. The molecule has 7 nitrogen and oxygen atoms in total. The van der Waals surface area contributed by atoms with Crippen molar-refractivity contribution in [2.24, 2.45) is 0 Å². The van der Waals surface area contributed by atoms with E-state index in [0.29, 0.717) is 24.8 Å². The summed E-state index contributed by atoms with van der Waals surface area (Å²) >= 11 is 0. The fourth-order valence-electron chi connectivity index (χ4n) is 3.44. The highest BCUT2D eigenvalue weighted by atomic mass is 16.2. The van der Waals surface area contributed by atoms with Crippen LogP contribution in [0, 0.1) is 0 Å². The van der Waals surface area contributed by atoms with Gasteiger partial charge in [-0.3, -0.25) is 4.79 Å². The van der Waals surface area contributed by atoms with Crippen molar-refractivity contribution in [3.8, 4) is 0 Å². The summed E-state index contributed by atoms with van der Waals surface area (Å²) < 4.78 is 0. The molecule has 2 fully saturated rings. The number of likely N-dealkylation sites (tertiary alicyclic amines) is 1. The number of carbonyl (C=O) groups is 1. The first-order valence-corrected chi connectivity index (χ1v) is 7.53. The molecule has 2 aromatic rings. The Kier molecular flexibility index (Phi) is 2.98. The molecule has 1 saturated heterocycles. The van der Waals surface area contributed by atoms with Gasteiger partial charge in [0.15, 0.2) is 5.82 Å².